The van der Waals surface area contributed by atoms with Crippen molar-refractivity contribution in [2.45, 2.75) is 26.3 Å². The molecule has 0 spiro atoms. The fraction of sp³-hybridized carbons (Fsp3) is 0.529. The van der Waals surface area contributed by atoms with Gasteiger partial charge in [0.2, 0.25) is 0 Å². The van der Waals surface area contributed by atoms with Crippen LogP contribution < -0.4 is 5.32 Å². The van der Waals surface area contributed by atoms with Gasteiger partial charge in [-0.15, -0.1) is 0 Å². The zero-order valence-corrected chi connectivity index (χ0v) is 16.8. The lowest BCUT2D eigenvalue weighted by molar-refractivity contribution is 0.0917. The number of benzene rings is 1. The Morgan fingerprint density at radius 3 is 2.40 bits per heavy atom. The molecule has 1 amide bonds. The van der Waals surface area contributed by atoms with Crippen LogP contribution in [0.5, 0.6) is 0 Å². The lowest BCUT2D eigenvalue weighted by atomic mass is 10.0. The van der Waals surface area contributed by atoms with Gasteiger partial charge in [-0.2, -0.15) is 0 Å². The van der Waals surface area contributed by atoms with Crippen molar-refractivity contribution >= 4 is 46.6 Å². The first-order valence-electron chi connectivity index (χ1n) is 8.38. The predicted molar refractivity (Wildman–Crippen MR) is 105 cm³/mol. The molecule has 1 fully saturated rings. The van der Waals surface area contributed by atoms with Gasteiger partial charge in [-0.1, -0.05) is 36.2 Å². The number of carbonyl (C=O) groups is 1. The Bertz CT molecular complexity index is 622. The van der Waals surface area contributed by atoms with E-state index in [0.717, 1.165) is 12.0 Å². The second-order valence-corrected chi connectivity index (χ2v) is 6.96. The van der Waals surface area contributed by atoms with Crippen LogP contribution in [0.1, 0.15) is 31.9 Å². The van der Waals surface area contributed by atoms with Crippen molar-refractivity contribution in [3.05, 3.63) is 33.8 Å². The van der Waals surface area contributed by atoms with E-state index in [1.54, 1.807) is 17.9 Å². The Balaban J connectivity index is 1.92. The summed E-state index contributed by atoms with van der Waals surface area (Å²) in [6.45, 7) is 6.85. The van der Waals surface area contributed by atoms with Crippen molar-refractivity contribution in [2.75, 3.05) is 32.8 Å². The lowest BCUT2D eigenvalue weighted by Crippen LogP contribution is -2.53. The van der Waals surface area contributed by atoms with Gasteiger partial charge in [-0.25, -0.2) is 4.79 Å². The van der Waals surface area contributed by atoms with Crippen LogP contribution in [0.3, 0.4) is 0 Å². The molecule has 0 bridgehead atoms. The van der Waals surface area contributed by atoms with E-state index in [2.05, 4.69) is 17.1 Å². The van der Waals surface area contributed by atoms with E-state index in [1.165, 1.54) is 0 Å². The van der Waals surface area contributed by atoms with Crippen LogP contribution in [0.25, 0.3) is 0 Å². The number of amides is 1. The Morgan fingerprint density at radius 2 is 1.84 bits per heavy atom. The Labute approximate surface area is 164 Å². The highest BCUT2D eigenvalue weighted by Crippen LogP contribution is 2.27. The van der Waals surface area contributed by atoms with Gasteiger partial charge >= 0.3 is 6.09 Å². The molecule has 1 N–H and O–H groups in total. The molecule has 8 heteroatoms. The fourth-order valence-corrected chi connectivity index (χ4v) is 3.33. The summed E-state index contributed by atoms with van der Waals surface area (Å²) in [5, 5.41) is 5.15. The zero-order chi connectivity index (χ0) is 18.4. The zero-order valence-electron chi connectivity index (χ0n) is 14.4. The van der Waals surface area contributed by atoms with Crippen molar-refractivity contribution < 1.29 is 9.53 Å². The highest BCUT2D eigenvalue weighted by atomic mass is 35.5. The summed E-state index contributed by atoms with van der Waals surface area (Å²) >= 11 is 17.7. The topological polar surface area (TPSA) is 44.8 Å². The molecule has 1 aromatic carbocycles. The van der Waals surface area contributed by atoms with Crippen LogP contribution in [0.4, 0.5) is 4.79 Å². The number of piperazine rings is 1. The number of halogens is 2. The summed E-state index contributed by atoms with van der Waals surface area (Å²) in [6, 6.07) is 5.68. The summed E-state index contributed by atoms with van der Waals surface area (Å²) in [5.74, 6) is 0. The molecule has 1 heterocycles. The quantitative estimate of drug-likeness (QED) is 0.766. The maximum absolute atomic E-state index is 11.8. The minimum Gasteiger partial charge on any atom is -0.450 e. The van der Waals surface area contributed by atoms with Gasteiger partial charge in [0.15, 0.2) is 5.11 Å². The van der Waals surface area contributed by atoms with Gasteiger partial charge in [0.05, 0.1) is 22.7 Å². The van der Waals surface area contributed by atoms with E-state index in [4.69, 9.17) is 40.2 Å². The first kappa shape index (κ1) is 20.1. The standard InChI is InChI=1S/C17H23Cl2N3O2S/c1-3-15(12-5-6-13(18)14(19)11-12)20-16(25)21-7-9-22(10-8-21)17(23)24-4-2/h5-6,11,15H,3-4,7-10H2,1-2H3,(H,20,25)/t15-/m0/s1. The average molecular weight is 404 g/mol. The van der Waals surface area contributed by atoms with E-state index >= 15 is 0 Å². The molecule has 1 aliphatic rings. The van der Waals surface area contributed by atoms with Crippen molar-refractivity contribution in [3.63, 3.8) is 0 Å². The third-order valence-corrected chi connectivity index (χ3v) is 5.26. The second-order valence-electron chi connectivity index (χ2n) is 5.76. The maximum Gasteiger partial charge on any atom is 0.409 e. The molecule has 25 heavy (non-hydrogen) atoms. The molecule has 0 aromatic heterocycles. The summed E-state index contributed by atoms with van der Waals surface area (Å²) in [6.07, 6.45) is 0.601. The first-order chi connectivity index (χ1) is 12.0. The smallest absolute Gasteiger partial charge is 0.409 e. The molecule has 0 saturated carbocycles. The van der Waals surface area contributed by atoms with Gasteiger partial charge in [0.25, 0.3) is 0 Å². The van der Waals surface area contributed by atoms with Crippen LogP contribution in [0, 0.1) is 0 Å². The van der Waals surface area contributed by atoms with Gasteiger partial charge in [0.1, 0.15) is 0 Å². The van der Waals surface area contributed by atoms with Crippen molar-refractivity contribution in [3.8, 4) is 0 Å². The van der Waals surface area contributed by atoms with Gasteiger partial charge in [-0.05, 0) is 43.3 Å². The number of nitrogens with one attached hydrogen (secondary N) is 1. The third kappa shape index (κ3) is 5.36. The van der Waals surface area contributed by atoms with Gasteiger partial charge in [-0.3, -0.25) is 0 Å². The van der Waals surface area contributed by atoms with Crippen molar-refractivity contribution in [1.29, 1.82) is 0 Å². The number of hydrogen-bond donors (Lipinski definition) is 1. The van der Waals surface area contributed by atoms with E-state index in [0.29, 0.717) is 47.9 Å². The predicted octanol–water partition coefficient (Wildman–Crippen LogP) is 4.09. The molecule has 0 radical (unpaired) electrons. The molecule has 0 aliphatic carbocycles. The summed E-state index contributed by atoms with van der Waals surface area (Å²) < 4.78 is 5.03. The second kappa shape index (κ2) is 9.46. The molecule has 0 unspecified atom stereocenters. The van der Waals surface area contributed by atoms with E-state index in [9.17, 15) is 4.79 Å². The molecule has 5 nitrogen and oxygen atoms in total. The van der Waals surface area contributed by atoms with E-state index in [-0.39, 0.29) is 12.1 Å². The van der Waals surface area contributed by atoms with Crippen LogP contribution >= 0.6 is 35.4 Å². The Kier molecular flexibility index (Phi) is 7.59. The van der Waals surface area contributed by atoms with Gasteiger partial charge in [0, 0.05) is 26.2 Å². The highest BCUT2D eigenvalue weighted by Gasteiger charge is 2.24. The SMILES string of the molecule is CCOC(=O)N1CCN(C(=S)N[C@@H](CC)c2ccc(Cl)c(Cl)c2)CC1. The van der Waals surface area contributed by atoms with Crippen molar-refractivity contribution in [2.24, 2.45) is 0 Å². The maximum atomic E-state index is 11.8. The van der Waals surface area contributed by atoms with Gasteiger partial charge < -0.3 is 19.9 Å². The number of thiocarbonyl (C=S) groups is 1. The molecule has 1 aliphatic heterocycles. The van der Waals surface area contributed by atoms with Crippen LogP contribution in [0.15, 0.2) is 18.2 Å². The summed E-state index contributed by atoms with van der Waals surface area (Å²) in [7, 11) is 0. The summed E-state index contributed by atoms with van der Waals surface area (Å²) in [5.41, 5.74) is 1.05. The highest BCUT2D eigenvalue weighted by molar-refractivity contribution is 7.80. The van der Waals surface area contributed by atoms with Crippen LogP contribution in [-0.2, 0) is 4.74 Å². The fourth-order valence-electron chi connectivity index (χ4n) is 2.70. The lowest BCUT2D eigenvalue weighted by Gasteiger charge is -2.36. The number of carbonyl (C=O) groups excluding carboxylic acids is 1. The minimum atomic E-state index is -0.261. The third-order valence-electron chi connectivity index (χ3n) is 4.14. The molecule has 138 valence electrons. The number of nitrogens with zero attached hydrogens (tertiary/aromatic N) is 2. The minimum absolute atomic E-state index is 0.0605. The van der Waals surface area contributed by atoms with Crippen LogP contribution in [-0.4, -0.2) is 53.8 Å². The first-order valence-corrected chi connectivity index (χ1v) is 9.54. The largest absolute Gasteiger partial charge is 0.450 e. The number of ether oxygens (including phenoxy) is 1. The normalized spacial score (nSPS) is 15.7. The molecule has 1 atom stereocenters. The number of hydrogen-bond acceptors (Lipinski definition) is 3. The molecule has 1 saturated heterocycles. The summed E-state index contributed by atoms with van der Waals surface area (Å²) in [4.78, 5) is 15.5. The van der Waals surface area contributed by atoms with E-state index in [1.807, 2.05) is 12.1 Å². The molecular formula is C17H23Cl2N3O2S. The van der Waals surface area contributed by atoms with Crippen LogP contribution in [0.2, 0.25) is 10.0 Å². The Morgan fingerprint density at radius 1 is 1.20 bits per heavy atom. The monoisotopic (exact) mass is 403 g/mol. The molecule has 2 rings (SSSR count). The van der Waals surface area contributed by atoms with Crippen molar-refractivity contribution in [1.82, 2.24) is 15.1 Å². The molecule has 1 aromatic rings. The molecular weight excluding hydrogens is 381 g/mol. The van der Waals surface area contributed by atoms with E-state index < -0.39 is 0 Å². The average Bonchev–Trinajstić information content (AvgIpc) is 2.62. The number of rotatable bonds is 4. The Hall–Kier alpha value is -1.24.